The quantitative estimate of drug-likeness (QED) is 0.749. The minimum Gasteiger partial charge on any atom is -0.480 e. The smallest absolute Gasteiger partial charge is 0.407 e. The van der Waals surface area contributed by atoms with Gasteiger partial charge in [0.05, 0.1) is 18.2 Å². The summed E-state index contributed by atoms with van der Waals surface area (Å²) in [5.74, 6) is -1.13. The van der Waals surface area contributed by atoms with E-state index in [1.54, 1.807) is 24.3 Å². The van der Waals surface area contributed by atoms with Gasteiger partial charge in [0.1, 0.15) is 6.04 Å². The first-order chi connectivity index (χ1) is 10.1. The zero-order chi connectivity index (χ0) is 15.7. The number of rotatable bonds is 7. The molecule has 0 aromatic heterocycles. The van der Waals surface area contributed by atoms with Gasteiger partial charge in [-0.2, -0.15) is 5.26 Å². The maximum Gasteiger partial charge on any atom is 0.407 e. The molecule has 0 aliphatic carbocycles. The summed E-state index contributed by atoms with van der Waals surface area (Å²) in [6, 6.07) is 7.46. The van der Waals surface area contributed by atoms with E-state index in [0.29, 0.717) is 5.56 Å². The highest BCUT2D eigenvalue weighted by atomic mass is 16.5. The maximum absolute atomic E-state index is 11.5. The zero-order valence-corrected chi connectivity index (χ0v) is 11.8. The number of hydrogen-bond acceptors (Lipinski definition) is 4. The van der Waals surface area contributed by atoms with E-state index in [9.17, 15) is 9.59 Å². The Morgan fingerprint density at radius 3 is 2.57 bits per heavy atom. The number of alkyl carbamates (subject to hydrolysis) is 1. The molecule has 1 rings (SSSR count). The highest BCUT2D eigenvalue weighted by Crippen LogP contribution is 2.07. The summed E-state index contributed by atoms with van der Waals surface area (Å²) >= 11 is 0. The highest BCUT2D eigenvalue weighted by Gasteiger charge is 2.21. The Morgan fingerprint density at radius 2 is 2.05 bits per heavy atom. The van der Waals surface area contributed by atoms with Crippen molar-refractivity contribution in [2.75, 3.05) is 6.61 Å². The van der Waals surface area contributed by atoms with Crippen molar-refractivity contribution in [1.29, 1.82) is 5.26 Å². The third-order valence-electron chi connectivity index (χ3n) is 2.84. The number of nitrogens with zero attached hydrogens (tertiary/aromatic N) is 1. The Bertz CT molecular complexity index is 519. The van der Waals surface area contributed by atoms with Crippen LogP contribution in [0.15, 0.2) is 24.3 Å². The van der Waals surface area contributed by atoms with Crippen LogP contribution in [-0.2, 0) is 16.0 Å². The van der Waals surface area contributed by atoms with Crippen molar-refractivity contribution in [3.63, 3.8) is 0 Å². The van der Waals surface area contributed by atoms with Gasteiger partial charge in [-0.1, -0.05) is 25.5 Å². The van der Waals surface area contributed by atoms with E-state index >= 15 is 0 Å². The van der Waals surface area contributed by atoms with E-state index in [1.165, 1.54) is 0 Å². The van der Waals surface area contributed by atoms with E-state index in [0.717, 1.165) is 18.4 Å². The molecule has 0 saturated heterocycles. The molecule has 0 unspecified atom stereocenters. The molecule has 0 spiro atoms. The number of hydrogen-bond donors (Lipinski definition) is 2. The predicted molar refractivity (Wildman–Crippen MR) is 75.7 cm³/mol. The summed E-state index contributed by atoms with van der Waals surface area (Å²) in [4.78, 5) is 22.7. The van der Waals surface area contributed by atoms with Crippen molar-refractivity contribution >= 4 is 12.1 Å². The van der Waals surface area contributed by atoms with Crippen molar-refractivity contribution < 1.29 is 19.4 Å². The average molecular weight is 290 g/mol. The van der Waals surface area contributed by atoms with Crippen LogP contribution in [0.2, 0.25) is 0 Å². The molecule has 21 heavy (non-hydrogen) atoms. The van der Waals surface area contributed by atoms with Gasteiger partial charge in [0.15, 0.2) is 0 Å². The summed E-state index contributed by atoms with van der Waals surface area (Å²) < 4.78 is 4.88. The molecule has 1 aromatic rings. The number of amides is 1. The molecule has 0 fully saturated rings. The van der Waals surface area contributed by atoms with Gasteiger partial charge in [-0.25, -0.2) is 9.59 Å². The molecule has 0 aliphatic heterocycles. The van der Waals surface area contributed by atoms with Gasteiger partial charge in [0, 0.05) is 6.42 Å². The summed E-state index contributed by atoms with van der Waals surface area (Å²) in [7, 11) is 0. The number of carboxylic acid groups (broad SMARTS) is 1. The minimum absolute atomic E-state index is 0.129. The second-order valence-corrected chi connectivity index (χ2v) is 4.54. The molecule has 0 radical (unpaired) electrons. The summed E-state index contributed by atoms with van der Waals surface area (Å²) in [6.07, 6.45) is 1.02. The van der Waals surface area contributed by atoms with Crippen LogP contribution in [0, 0.1) is 11.3 Å². The lowest BCUT2D eigenvalue weighted by atomic mass is 10.0. The number of benzene rings is 1. The third-order valence-corrected chi connectivity index (χ3v) is 2.84. The molecular formula is C15H18N2O4. The minimum atomic E-state index is -1.13. The molecule has 6 heteroatoms. The first-order valence-corrected chi connectivity index (χ1v) is 6.72. The van der Waals surface area contributed by atoms with Gasteiger partial charge in [-0.3, -0.25) is 0 Å². The first-order valence-electron chi connectivity index (χ1n) is 6.72. The van der Waals surface area contributed by atoms with Crippen molar-refractivity contribution in [3.8, 4) is 6.07 Å². The number of nitrogens with one attached hydrogen (secondary N) is 1. The van der Waals surface area contributed by atoms with Crippen molar-refractivity contribution in [2.24, 2.45) is 0 Å². The lowest BCUT2D eigenvalue weighted by molar-refractivity contribution is -0.139. The molecule has 0 aliphatic rings. The van der Waals surface area contributed by atoms with Crippen molar-refractivity contribution in [2.45, 2.75) is 32.2 Å². The number of nitriles is 1. The Kier molecular flexibility index (Phi) is 6.75. The van der Waals surface area contributed by atoms with Crippen LogP contribution in [0.5, 0.6) is 0 Å². The van der Waals surface area contributed by atoms with Gasteiger partial charge in [0.25, 0.3) is 0 Å². The fraction of sp³-hybridized carbons (Fsp3) is 0.400. The zero-order valence-electron chi connectivity index (χ0n) is 11.8. The maximum atomic E-state index is 11.5. The number of ether oxygens (including phenoxy) is 1. The van der Waals surface area contributed by atoms with E-state index in [-0.39, 0.29) is 13.0 Å². The lowest BCUT2D eigenvalue weighted by Crippen LogP contribution is -2.42. The van der Waals surface area contributed by atoms with E-state index in [4.69, 9.17) is 15.1 Å². The number of unbranched alkanes of at least 4 members (excludes halogenated alkanes) is 1. The van der Waals surface area contributed by atoms with Gasteiger partial charge in [-0.05, 0) is 24.1 Å². The second kappa shape index (κ2) is 8.59. The van der Waals surface area contributed by atoms with E-state index in [2.05, 4.69) is 5.32 Å². The summed E-state index contributed by atoms with van der Waals surface area (Å²) in [6.45, 7) is 2.23. The second-order valence-electron chi connectivity index (χ2n) is 4.54. The van der Waals surface area contributed by atoms with E-state index in [1.807, 2.05) is 13.0 Å². The molecule has 1 aromatic carbocycles. The molecule has 0 bridgehead atoms. The SMILES string of the molecule is CCCCOC(=O)N[C@@H](Cc1ccc(C#N)cc1)C(=O)O. The molecule has 2 N–H and O–H groups in total. The molecule has 6 nitrogen and oxygen atoms in total. The largest absolute Gasteiger partial charge is 0.480 e. The Morgan fingerprint density at radius 1 is 1.38 bits per heavy atom. The Hall–Kier alpha value is -2.55. The molecule has 0 heterocycles. The van der Waals surface area contributed by atoms with Gasteiger partial charge in [-0.15, -0.1) is 0 Å². The number of carbonyl (C=O) groups is 2. The van der Waals surface area contributed by atoms with Crippen LogP contribution in [0.3, 0.4) is 0 Å². The van der Waals surface area contributed by atoms with Crippen LogP contribution in [0.4, 0.5) is 4.79 Å². The molecule has 0 saturated carbocycles. The van der Waals surface area contributed by atoms with Gasteiger partial charge in [0.2, 0.25) is 0 Å². The average Bonchev–Trinajstić information content (AvgIpc) is 2.47. The van der Waals surface area contributed by atoms with Crippen LogP contribution in [-0.4, -0.2) is 29.8 Å². The van der Waals surface area contributed by atoms with Crippen LogP contribution in [0.1, 0.15) is 30.9 Å². The fourth-order valence-electron chi connectivity index (χ4n) is 1.64. The monoisotopic (exact) mass is 290 g/mol. The molecule has 112 valence electrons. The Balaban J connectivity index is 2.58. The molecule has 1 amide bonds. The number of carbonyl (C=O) groups excluding carboxylic acids is 1. The number of aliphatic carboxylic acids is 1. The highest BCUT2D eigenvalue weighted by molar-refractivity contribution is 5.80. The topological polar surface area (TPSA) is 99.4 Å². The summed E-state index contributed by atoms with van der Waals surface area (Å²) in [5, 5.41) is 20.2. The van der Waals surface area contributed by atoms with Gasteiger partial charge >= 0.3 is 12.1 Å². The number of carboxylic acids is 1. The van der Waals surface area contributed by atoms with Crippen LogP contribution >= 0.6 is 0 Å². The fourth-order valence-corrected chi connectivity index (χ4v) is 1.64. The molecular weight excluding hydrogens is 272 g/mol. The lowest BCUT2D eigenvalue weighted by Gasteiger charge is -2.14. The Labute approximate surface area is 123 Å². The van der Waals surface area contributed by atoms with Crippen LogP contribution < -0.4 is 5.32 Å². The van der Waals surface area contributed by atoms with Crippen molar-refractivity contribution in [3.05, 3.63) is 35.4 Å². The van der Waals surface area contributed by atoms with Crippen molar-refractivity contribution in [1.82, 2.24) is 5.32 Å². The predicted octanol–water partition coefficient (Wildman–Crippen LogP) is 2.08. The summed E-state index contributed by atoms with van der Waals surface area (Å²) in [5.41, 5.74) is 1.22. The van der Waals surface area contributed by atoms with Gasteiger partial charge < -0.3 is 15.2 Å². The normalized spacial score (nSPS) is 11.2. The standard InChI is InChI=1S/C15H18N2O4/c1-2-3-8-21-15(20)17-13(14(18)19)9-11-4-6-12(10-16)7-5-11/h4-7,13H,2-3,8-9H2,1H3,(H,17,20)(H,18,19)/t13-/m0/s1. The molecule has 1 atom stereocenters. The van der Waals surface area contributed by atoms with Crippen LogP contribution in [0.25, 0.3) is 0 Å². The first kappa shape index (κ1) is 16.5. The van der Waals surface area contributed by atoms with E-state index < -0.39 is 18.1 Å². The third kappa shape index (κ3) is 5.95.